The van der Waals surface area contributed by atoms with Gasteiger partial charge >= 0.3 is 5.97 Å². The van der Waals surface area contributed by atoms with Crippen molar-refractivity contribution >= 4 is 5.97 Å². The van der Waals surface area contributed by atoms with E-state index in [1.54, 1.807) is 0 Å². The molecular formula is C10H12N2O3. The molecule has 0 radical (unpaired) electrons. The van der Waals surface area contributed by atoms with Gasteiger partial charge in [0, 0.05) is 18.7 Å². The first kappa shape index (κ1) is 10.0. The Labute approximate surface area is 87.1 Å². The van der Waals surface area contributed by atoms with Crippen molar-refractivity contribution in [1.29, 1.82) is 0 Å². The van der Waals surface area contributed by atoms with E-state index in [-0.39, 0.29) is 11.6 Å². The molecule has 1 saturated heterocycles. The van der Waals surface area contributed by atoms with Crippen LogP contribution < -0.4 is 0 Å². The maximum atomic E-state index is 10.7. The Morgan fingerprint density at radius 1 is 1.60 bits per heavy atom. The van der Waals surface area contributed by atoms with Crippen LogP contribution in [0.4, 0.5) is 0 Å². The number of ether oxygens (including phenoxy) is 1. The lowest BCUT2D eigenvalue weighted by Gasteiger charge is -2.20. The third-order valence-corrected chi connectivity index (χ3v) is 2.42. The van der Waals surface area contributed by atoms with E-state index >= 15 is 0 Å². The number of hydrogen-bond donors (Lipinski definition) is 1. The van der Waals surface area contributed by atoms with E-state index in [0.717, 1.165) is 19.4 Å². The van der Waals surface area contributed by atoms with Gasteiger partial charge in [-0.2, -0.15) is 0 Å². The molecule has 15 heavy (non-hydrogen) atoms. The van der Waals surface area contributed by atoms with Crippen LogP contribution in [0, 0.1) is 0 Å². The molecule has 1 fully saturated rings. The van der Waals surface area contributed by atoms with Gasteiger partial charge < -0.3 is 9.84 Å². The number of aromatic carboxylic acids is 1. The van der Waals surface area contributed by atoms with Crippen molar-refractivity contribution in [3.05, 3.63) is 23.8 Å². The fraction of sp³-hybridized carbons (Fsp3) is 0.500. The second kappa shape index (κ2) is 4.35. The number of nitrogens with zero attached hydrogens (tertiary/aromatic N) is 2. The normalized spacial score (nSPS) is 21.2. The zero-order chi connectivity index (χ0) is 10.7. The molecule has 1 aliphatic rings. The number of carboxylic acid groups (broad SMARTS) is 1. The summed E-state index contributed by atoms with van der Waals surface area (Å²) in [6.07, 6.45) is 3.43. The Morgan fingerprint density at radius 2 is 2.47 bits per heavy atom. The van der Waals surface area contributed by atoms with Crippen LogP contribution in [0.3, 0.4) is 0 Å². The fourth-order valence-corrected chi connectivity index (χ4v) is 1.63. The van der Waals surface area contributed by atoms with Gasteiger partial charge in [0.15, 0.2) is 5.69 Å². The van der Waals surface area contributed by atoms with Crippen LogP contribution in [0.1, 0.15) is 35.1 Å². The van der Waals surface area contributed by atoms with Crippen molar-refractivity contribution in [1.82, 2.24) is 9.97 Å². The van der Waals surface area contributed by atoms with Crippen molar-refractivity contribution in [2.24, 2.45) is 0 Å². The molecule has 5 heteroatoms. The average molecular weight is 208 g/mol. The maximum absolute atomic E-state index is 10.7. The van der Waals surface area contributed by atoms with Gasteiger partial charge in [-0.15, -0.1) is 0 Å². The summed E-state index contributed by atoms with van der Waals surface area (Å²) in [7, 11) is 0. The monoisotopic (exact) mass is 208 g/mol. The molecule has 80 valence electrons. The van der Waals surface area contributed by atoms with E-state index in [9.17, 15) is 4.79 Å². The number of rotatable bonds is 2. The minimum atomic E-state index is -1.02. The molecular weight excluding hydrogens is 196 g/mol. The van der Waals surface area contributed by atoms with Gasteiger partial charge in [0.25, 0.3) is 0 Å². The molecule has 0 bridgehead atoms. The Hall–Kier alpha value is -1.49. The molecule has 5 nitrogen and oxygen atoms in total. The second-order valence-electron chi connectivity index (χ2n) is 3.52. The van der Waals surface area contributed by atoms with Gasteiger partial charge in [0.05, 0.1) is 6.61 Å². The van der Waals surface area contributed by atoms with Crippen molar-refractivity contribution in [3.8, 4) is 0 Å². The second-order valence-corrected chi connectivity index (χ2v) is 3.52. The van der Waals surface area contributed by atoms with Crippen molar-refractivity contribution in [2.75, 3.05) is 13.2 Å². The van der Waals surface area contributed by atoms with Crippen LogP contribution in [0.15, 0.2) is 12.3 Å². The highest BCUT2D eigenvalue weighted by Crippen LogP contribution is 2.22. The SMILES string of the molecule is O=C(O)c1ccnc(C2CCCOC2)n1. The van der Waals surface area contributed by atoms with E-state index in [2.05, 4.69) is 9.97 Å². The summed E-state index contributed by atoms with van der Waals surface area (Å²) in [5, 5.41) is 8.79. The van der Waals surface area contributed by atoms with Gasteiger partial charge in [-0.25, -0.2) is 14.8 Å². The third-order valence-electron chi connectivity index (χ3n) is 2.42. The first-order chi connectivity index (χ1) is 7.27. The fourth-order valence-electron chi connectivity index (χ4n) is 1.63. The van der Waals surface area contributed by atoms with Crippen LogP contribution in [-0.4, -0.2) is 34.3 Å². The van der Waals surface area contributed by atoms with Crippen LogP contribution >= 0.6 is 0 Å². The first-order valence-corrected chi connectivity index (χ1v) is 4.91. The summed E-state index contributed by atoms with van der Waals surface area (Å²) >= 11 is 0. The molecule has 1 aromatic heterocycles. The zero-order valence-corrected chi connectivity index (χ0v) is 8.22. The summed E-state index contributed by atoms with van der Waals surface area (Å²) in [6, 6.07) is 1.40. The maximum Gasteiger partial charge on any atom is 0.354 e. The van der Waals surface area contributed by atoms with E-state index < -0.39 is 5.97 Å². The standard InChI is InChI=1S/C10H12N2O3/c13-10(14)8-3-4-11-9(12-8)7-2-1-5-15-6-7/h3-4,7H,1-2,5-6H2,(H,13,14). The minimum absolute atomic E-state index is 0.0468. The Bertz CT molecular complexity index is 361. The summed E-state index contributed by atoms with van der Waals surface area (Å²) in [6.45, 7) is 1.36. The van der Waals surface area contributed by atoms with Gasteiger partial charge in [-0.1, -0.05) is 0 Å². The van der Waals surface area contributed by atoms with Crippen molar-refractivity contribution in [3.63, 3.8) is 0 Å². The molecule has 0 aromatic carbocycles. The molecule has 0 amide bonds. The van der Waals surface area contributed by atoms with Gasteiger partial charge in [-0.3, -0.25) is 0 Å². The number of aromatic nitrogens is 2. The smallest absolute Gasteiger partial charge is 0.354 e. The molecule has 2 rings (SSSR count). The lowest BCUT2D eigenvalue weighted by atomic mass is 10.0. The van der Waals surface area contributed by atoms with Crippen molar-refractivity contribution in [2.45, 2.75) is 18.8 Å². The molecule has 2 heterocycles. The molecule has 0 aliphatic carbocycles. The van der Waals surface area contributed by atoms with Crippen LogP contribution in [0.5, 0.6) is 0 Å². The zero-order valence-electron chi connectivity index (χ0n) is 8.22. The highest BCUT2D eigenvalue weighted by atomic mass is 16.5. The quantitative estimate of drug-likeness (QED) is 0.787. The highest BCUT2D eigenvalue weighted by Gasteiger charge is 2.19. The summed E-state index contributed by atoms with van der Waals surface area (Å²) < 4.78 is 5.31. The average Bonchev–Trinajstić information content (AvgIpc) is 2.30. The molecule has 1 aromatic rings. The van der Waals surface area contributed by atoms with E-state index in [0.29, 0.717) is 12.4 Å². The molecule has 0 spiro atoms. The first-order valence-electron chi connectivity index (χ1n) is 4.91. The Morgan fingerprint density at radius 3 is 3.13 bits per heavy atom. The van der Waals surface area contributed by atoms with Crippen LogP contribution in [0.25, 0.3) is 0 Å². The van der Waals surface area contributed by atoms with Gasteiger partial charge in [-0.05, 0) is 18.9 Å². The summed E-state index contributed by atoms with van der Waals surface area (Å²) in [5.41, 5.74) is 0.0468. The molecule has 1 N–H and O–H groups in total. The summed E-state index contributed by atoms with van der Waals surface area (Å²) in [5.74, 6) is -0.303. The van der Waals surface area contributed by atoms with E-state index in [4.69, 9.17) is 9.84 Å². The van der Waals surface area contributed by atoms with Crippen LogP contribution in [0.2, 0.25) is 0 Å². The lowest BCUT2D eigenvalue weighted by molar-refractivity contribution is 0.0683. The predicted molar refractivity (Wildman–Crippen MR) is 51.8 cm³/mol. The number of carboxylic acids is 1. The molecule has 1 atom stereocenters. The van der Waals surface area contributed by atoms with Crippen molar-refractivity contribution < 1.29 is 14.6 Å². The number of carbonyl (C=O) groups is 1. The number of hydrogen-bond acceptors (Lipinski definition) is 4. The Balaban J connectivity index is 2.19. The Kier molecular flexibility index (Phi) is 2.91. The van der Waals surface area contributed by atoms with E-state index in [1.807, 2.05) is 0 Å². The van der Waals surface area contributed by atoms with Crippen LogP contribution in [-0.2, 0) is 4.74 Å². The largest absolute Gasteiger partial charge is 0.477 e. The van der Waals surface area contributed by atoms with Gasteiger partial charge in [0.2, 0.25) is 0 Å². The summed E-state index contributed by atoms with van der Waals surface area (Å²) in [4.78, 5) is 18.8. The van der Waals surface area contributed by atoms with Gasteiger partial charge in [0.1, 0.15) is 5.82 Å². The minimum Gasteiger partial charge on any atom is -0.477 e. The predicted octanol–water partition coefficient (Wildman–Crippen LogP) is 1.07. The van der Waals surface area contributed by atoms with E-state index in [1.165, 1.54) is 12.3 Å². The molecule has 1 unspecified atom stereocenters. The lowest BCUT2D eigenvalue weighted by Crippen LogP contribution is -2.18. The highest BCUT2D eigenvalue weighted by molar-refractivity contribution is 5.85. The third kappa shape index (κ3) is 2.30. The topological polar surface area (TPSA) is 72.3 Å². The molecule has 1 aliphatic heterocycles. The molecule has 0 saturated carbocycles.